The fourth-order valence-electron chi connectivity index (χ4n) is 6.99. The summed E-state index contributed by atoms with van der Waals surface area (Å²) in [5, 5.41) is 18.7. The maximum absolute atomic E-state index is 13.2. The highest BCUT2D eigenvalue weighted by Gasteiger charge is 2.50. The second-order valence-electron chi connectivity index (χ2n) is 13.5. The number of fused-ring (bicyclic) bond motifs is 4. The lowest BCUT2D eigenvalue weighted by molar-refractivity contribution is -0.0836. The molecule has 4 aromatic rings. The number of nitrogens with two attached hydrogens (primary N) is 2. The second kappa shape index (κ2) is 12.4. The van der Waals surface area contributed by atoms with Crippen LogP contribution in [0.4, 0.5) is 22.4 Å². The van der Waals surface area contributed by atoms with Crippen molar-refractivity contribution >= 4 is 64.5 Å². The predicted octanol–water partition coefficient (Wildman–Crippen LogP) is 0.814. The number of carbonyl (C=O) groups is 1. The lowest BCUT2D eigenvalue weighted by Crippen LogP contribution is -2.37. The number of hydrogen-bond acceptors (Lipinski definition) is 18. The Morgan fingerprint density at radius 1 is 1.12 bits per heavy atom. The van der Waals surface area contributed by atoms with Crippen molar-refractivity contribution in [3.05, 3.63) is 24.4 Å². The van der Waals surface area contributed by atoms with E-state index < -0.39 is 62.5 Å². The summed E-state index contributed by atoms with van der Waals surface area (Å²) in [6.07, 6.45) is 0.137. The smallest absolute Gasteiger partial charge is 0.431 e. The molecule has 4 aliphatic heterocycles. The molecule has 51 heavy (non-hydrogen) atoms. The van der Waals surface area contributed by atoms with Gasteiger partial charge in [0.05, 0.1) is 18.3 Å². The lowest BCUT2D eigenvalue weighted by Gasteiger charge is -2.25. The highest BCUT2D eigenvalue weighted by molar-refractivity contribution is 8.07. The zero-order chi connectivity index (χ0) is 35.1. The molecule has 1 aliphatic carbocycles. The molecule has 3 saturated heterocycles. The van der Waals surface area contributed by atoms with Gasteiger partial charge in [0.15, 0.2) is 23.8 Å². The average Bonchev–Trinajstić information content (AvgIpc) is 3.35. The van der Waals surface area contributed by atoms with E-state index in [0.717, 1.165) is 49.0 Å². The second-order valence-corrected chi connectivity index (χ2v) is 16.2. The molecule has 8 atom stereocenters. The summed E-state index contributed by atoms with van der Waals surface area (Å²) >= 11 is 5.40. The third-order valence-electron chi connectivity index (χ3n) is 9.89. The van der Waals surface area contributed by atoms with Crippen LogP contribution in [0, 0.1) is 0 Å². The minimum absolute atomic E-state index is 0.0972. The Balaban J connectivity index is 0.976. The molecule has 0 radical (unpaired) electrons. The molecule has 272 valence electrons. The standard InChI is InChI=1S/C29H36N11O9PS/c30-22-19-25(38-27(37-22)33-10-29(31)3-4-29)40(12-36-19)26-21-20(41)16(47-26)9-45-50(43,51)49-14-6-17(46-15(14)8-44-28(42)48-21)39-7-13-2-1-5-32-23-18(13)24(39)35-11-34-23/h7,11-12,14-17,20-21,26,41H,1-6,8-10,31H2,(H,43,51)(H,32,34,35)(H3,30,33,37,38)/t14-,15+,16+,17+,20+,21+,26+,50?/m0/s1. The number of aliphatic hydroxyl groups excluding tert-OH is 1. The van der Waals surface area contributed by atoms with Crippen LogP contribution in [0.25, 0.3) is 22.2 Å². The van der Waals surface area contributed by atoms with E-state index in [2.05, 4.69) is 35.6 Å². The molecule has 22 heteroatoms. The number of hydrogen-bond donors (Lipinski definition) is 6. The molecule has 9 rings (SSSR count). The van der Waals surface area contributed by atoms with E-state index in [4.69, 9.17) is 51.3 Å². The highest BCUT2D eigenvalue weighted by Crippen LogP contribution is 2.50. The van der Waals surface area contributed by atoms with E-state index in [0.29, 0.717) is 12.2 Å². The van der Waals surface area contributed by atoms with Crippen molar-refractivity contribution in [3.63, 3.8) is 0 Å². The van der Waals surface area contributed by atoms with Gasteiger partial charge >= 0.3 is 12.9 Å². The molecule has 5 aliphatic rings. The lowest BCUT2D eigenvalue weighted by atomic mass is 10.1. The van der Waals surface area contributed by atoms with Gasteiger partial charge in [-0.15, -0.1) is 0 Å². The molecule has 8 N–H and O–H groups in total. The van der Waals surface area contributed by atoms with Gasteiger partial charge in [-0.1, -0.05) is 0 Å². The average molecular weight is 746 g/mol. The maximum atomic E-state index is 13.2. The van der Waals surface area contributed by atoms with Crippen LogP contribution >= 0.6 is 6.72 Å². The summed E-state index contributed by atoms with van der Waals surface area (Å²) in [5.41, 5.74) is 14.4. The number of imidazole rings is 1. The van der Waals surface area contributed by atoms with Crippen molar-refractivity contribution in [2.45, 2.75) is 80.6 Å². The highest BCUT2D eigenvalue weighted by atomic mass is 32.5. The summed E-state index contributed by atoms with van der Waals surface area (Å²) in [6, 6.07) is 0. The quantitative estimate of drug-likeness (QED) is 0.122. The molecule has 0 amide bonds. The van der Waals surface area contributed by atoms with E-state index in [1.54, 1.807) is 0 Å². The van der Waals surface area contributed by atoms with Crippen molar-refractivity contribution in [1.82, 2.24) is 34.1 Å². The van der Waals surface area contributed by atoms with Gasteiger partial charge in [0.1, 0.15) is 60.6 Å². The molecule has 20 nitrogen and oxygen atoms in total. The molecule has 2 bridgehead atoms. The number of carbonyl (C=O) groups excluding carboxylic acids is 1. The van der Waals surface area contributed by atoms with Gasteiger partial charge in [-0.2, -0.15) is 9.97 Å². The normalized spacial score (nSPS) is 33.2. The van der Waals surface area contributed by atoms with Crippen molar-refractivity contribution in [1.29, 1.82) is 0 Å². The Morgan fingerprint density at radius 2 is 1.98 bits per heavy atom. The van der Waals surface area contributed by atoms with Crippen molar-refractivity contribution in [3.8, 4) is 0 Å². The Morgan fingerprint density at radius 3 is 2.82 bits per heavy atom. The summed E-state index contributed by atoms with van der Waals surface area (Å²) in [4.78, 5) is 46.6. The minimum Gasteiger partial charge on any atom is -0.431 e. The molecule has 1 unspecified atom stereocenters. The van der Waals surface area contributed by atoms with Crippen molar-refractivity contribution < 1.29 is 42.8 Å². The van der Waals surface area contributed by atoms with Crippen molar-refractivity contribution in [2.75, 3.05) is 42.7 Å². The van der Waals surface area contributed by atoms with E-state index in [9.17, 15) is 14.8 Å². The van der Waals surface area contributed by atoms with Gasteiger partial charge in [-0.25, -0.2) is 19.7 Å². The van der Waals surface area contributed by atoms with Crippen LogP contribution in [0.2, 0.25) is 0 Å². The Bertz CT molecular complexity index is 2060. The number of nitrogens with zero attached hydrogens (tertiary/aromatic N) is 7. The number of aryl methyl sites for hydroxylation is 1. The minimum atomic E-state index is -3.95. The summed E-state index contributed by atoms with van der Waals surface area (Å²) in [6.45, 7) is -3.43. The zero-order valence-corrected chi connectivity index (χ0v) is 28.7. The van der Waals surface area contributed by atoms with Gasteiger partial charge in [0.25, 0.3) is 0 Å². The molecule has 8 heterocycles. The number of aliphatic hydroxyl groups is 1. The summed E-state index contributed by atoms with van der Waals surface area (Å²) in [5.74, 6) is 1.07. The SMILES string of the molecule is Nc1nc(NCC2(N)CC2)nc2c1ncn2[C@@H]1O[C@@H]2COP(O)(=S)O[C@H]3C[C@H](n4cc5c6c(ncnc64)NCCC5)O[C@@H]3COC(=O)O[C@@H]1[C@@H]2O. The third kappa shape index (κ3) is 6.15. The molecular formula is C29H36N11O9PS. The number of ether oxygens (including phenoxy) is 4. The first kappa shape index (κ1) is 33.1. The van der Waals surface area contributed by atoms with Gasteiger partial charge in [0, 0.05) is 31.2 Å². The molecule has 1 saturated carbocycles. The van der Waals surface area contributed by atoms with E-state index in [-0.39, 0.29) is 41.5 Å². The number of anilines is 3. The number of aromatic nitrogens is 7. The van der Waals surface area contributed by atoms with E-state index in [1.807, 2.05) is 10.8 Å². The van der Waals surface area contributed by atoms with Crippen LogP contribution in [-0.4, -0.2) is 113 Å². The summed E-state index contributed by atoms with van der Waals surface area (Å²) < 4.78 is 38.8. The number of nitrogen functional groups attached to an aromatic ring is 1. The molecule has 0 aromatic carbocycles. The number of nitrogens with one attached hydrogen (secondary N) is 2. The van der Waals surface area contributed by atoms with Crippen LogP contribution in [0.15, 0.2) is 18.9 Å². The molecular weight excluding hydrogens is 709 g/mol. The van der Waals surface area contributed by atoms with Crippen LogP contribution in [0.3, 0.4) is 0 Å². The fraction of sp³-hybridized carbons (Fsp3) is 0.586. The first-order chi connectivity index (χ1) is 24.5. The van der Waals surface area contributed by atoms with Gasteiger partial charge in [0.2, 0.25) is 5.95 Å². The first-order valence-corrected chi connectivity index (χ1v) is 19.2. The predicted molar refractivity (Wildman–Crippen MR) is 181 cm³/mol. The number of cyclic esters (lactones) is 1. The largest absolute Gasteiger partial charge is 0.508 e. The molecule has 4 fully saturated rings. The van der Waals surface area contributed by atoms with E-state index in [1.165, 1.54) is 17.2 Å². The van der Waals surface area contributed by atoms with Gasteiger partial charge in [-0.05, 0) is 43.1 Å². The Kier molecular flexibility index (Phi) is 8.05. The Hall–Kier alpha value is -3.79. The van der Waals surface area contributed by atoms with E-state index >= 15 is 0 Å². The zero-order valence-electron chi connectivity index (χ0n) is 27.0. The number of rotatable bonds is 5. The maximum Gasteiger partial charge on any atom is 0.508 e. The first-order valence-electron chi connectivity index (χ1n) is 16.6. The van der Waals surface area contributed by atoms with Crippen LogP contribution < -0.4 is 22.1 Å². The third-order valence-corrected chi connectivity index (χ3v) is 11.5. The van der Waals surface area contributed by atoms with Gasteiger partial charge < -0.3 is 64.7 Å². The van der Waals surface area contributed by atoms with Crippen LogP contribution in [0.5, 0.6) is 0 Å². The molecule has 4 aromatic heterocycles. The van der Waals surface area contributed by atoms with Crippen molar-refractivity contribution in [2.24, 2.45) is 5.73 Å². The molecule has 0 spiro atoms. The van der Waals surface area contributed by atoms with Crippen LogP contribution in [0.1, 0.15) is 43.7 Å². The van der Waals surface area contributed by atoms with Gasteiger partial charge in [-0.3, -0.25) is 4.57 Å². The van der Waals surface area contributed by atoms with Crippen LogP contribution in [-0.2, 0) is 46.2 Å². The monoisotopic (exact) mass is 745 g/mol. The fourth-order valence-corrected chi connectivity index (χ4v) is 8.46. The summed E-state index contributed by atoms with van der Waals surface area (Å²) in [7, 11) is 0. The Labute approximate surface area is 294 Å². The topological polar surface area (TPSA) is 263 Å².